The van der Waals surface area contributed by atoms with E-state index in [-0.39, 0.29) is 0 Å². The molecule has 0 unspecified atom stereocenters. The Morgan fingerprint density at radius 2 is 0.410 bits per heavy atom. The molecule has 0 N–H and O–H groups in total. The SMILES string of the molecule is [B]B=BB=BB=BB=BB=BB=BB=BB=BB=BB=BB=BB=BB=BB=BB=BB=BB=BB=BOC. The van der Waals surface area contributed by atoms with E-state index in [0.29, 0.717) is 0 Å². The molecule has 0 aliphatic rings. The number of hydrogen-bond donors (Lipinski definition) is 0. The molecule has 0 aliphatic carbocycles. The van der Waals surface area contributed by atoms with E-state index in [4.69, 9.17) is 12.4 Å². The van der Waals surface area contributed by atoms with Gasteiger partial charge in [-0.15, -0.1) is 0 Å². The Morgan fingerprint density at radius 1 is 0.256 bits per heavy atom. The van der Waals surface area contributed by atoms with E-state index in [1.54, 1.807) is 20.8 Å². The Kier molecular flexibility index (Phi) is 42.5. The van der Waals surface area contributed by atoms with Crippen molar-refractivity contribution in [2.75, 3.05) is 7.11 Å². The van der Waals surface area contributed by atoms with Crippen LogP contribution < -0.4 is 0 Å². The molecule has 0 bridgehead atoms. The summed E-state index contributed by atoms with van der Waals surface area (Å²) in [6, 6.07) is 0. The van der Waals surface area contributed by atoms with Crippen molar-refractivity contribution >= 4 is 249 Å². The minimum absolute atomic E-state index is 1.50. The summed E-state index contributed by atoms with van der Waals surface area (Å²) in [4.78, 5) is 0. The van der Waals surface area contributed by atoms with Gasteiger partial charge in [0.2, 0.25) is 0 Å². The Bertz CT molecular complexity index is 1130. The average Bonchev–Trinajstić information content (AvgIpc) is 2.95. The minimum atomic E-state index is 1.50. The zero-order chi connectivity index (χ0) is 28.2. The first kappa shape index (κ1) is 41.2. The molecule has 0 heterocycles. The summed E-state index contributed by atoms with van der Waals surface area (Å²) in [5, 5.41) is 0. The van der Waals surface area contributed by atoms with Crippen LogP contribution in [0.4, 0.5) is 0 Å². The molecule has 0 aromatic carbocycles. The summed E-state index contributed by atoms with van der Waals surface area (Å²) in [5.74, 6) is 0. The third-order valence-electron chi connectivity index (χ3n) is 3.99. The van der Waals surface area contributed by atoms with Crippen LogP contribution in [0.15, 0.2) is 0 Å². The molecule has 0 aliphatic heterocycles. The van der Waals surface area contributed by atoms with E-state index >= 15 is 0 Å². The summed E-state index contributed by atoms with van der Waals surface area (Å²) in [7, 11) is 8.49. The van der Waals surface area contributed by atoms with Gasteiger partial charge in [0, 0.05) is 0 Å². The first-order valence-electron chi connectivity index (χ1n) is 12.6. The van der Waals surface area contributed by atoms with Gasteiger partial charge in [0.05, 0.1) is 0 Å². The molecule has 2 radical (unpaired) electrons. The maximum atomic E-state index is 5.24. The summed E-state index contributed by atoms with van der Waals surface area (Å²) >= 11 is 0. The summed E-state index contributed by atoms with van der Waals surface area (Å²) < 4.78 is 4.80. The Hall–Kier alpha value is 2.20. The van der Waals surface area contributed by atoms with Gasteiger partial charge in [0.25, 0.3) is 0 Å². The summed E-state index contributed by atoms with van der Waals surface area (Å²) in [6.45, 7) is 68.2. The van der Waals surface area contributed by atoms with Crippen molar-refractivity contribution in [1.29, 1.82) is 0 Å². The fourth-order valence-corrected chi connectivity index (χ4v) is 2.24. The fourth-order valence-electron chi connectivity index (χ4n) is 2.24. The molecule has 0 saturated carbocycles. The molecule has 0 atom stereocenters. The second-order valence-electron chi connectivity index (χ2n) is 7.11. The van der Waals surface area contributed by atoms with Gasteiger partial charge in [-0.3, -0.25) is 0 Å². The molecule has 0 spiro atoms. The van der Waals surface area contributed by atoms with Crippen molar-refractivity contribution in [1.82, 2.24) is 0 Å². The molecule has 0 aromatic heterocycles. The number of hydrogen-bond acceptors (Lipinski definition) is 1. The third-order valence-corrected chi connectivity index (χ3v) is 3.99. The molecule has 39 heavy (non-hydrogen) atoms. The normalized spacial score (nSPS) is 7.72. The molecule has 0 rings (SSSR count). The molecule has 38 heteroatoms. The van der Waals surface area contributed by atoms with Crippen LogP contribution in [-0.4, -0.2) is 256 Å². The summed E-state index contributed by atoms with van der Waals surface area (Å²) in [6.07, 6.45) is 0. The Morgan fingerprint density at radius 3 is 0.564 bits per heavy atom. The van der Waals surface area contributed by atoms with E-state index in [1.807, 2.05) is 221 Å². The van der Waals surface area contributed by atoms with E-state index in [0.717, 1.165) is 0 Å². The Labute approximate surface area is 259 Å². The quantitative estimate of drug-likeness (QED) is 0.196. The van der Waals surface area contributed by atoms with Crippen molar-refractivity contribution in [3.8, 4) is 0 Å². The van der Waals surface area contributed by atoms with Gasteiger partial charge < -0.3 is 0 Å². The third kappa shape index (κ3) is 40.2. The zero-order valence-corrected chi connectivity index (χ0v) is 22.8. The van der Waals surface area contributed by atoms with Gasteiger partial charge in [0.1, 0.15) is 0 Å². The zero-order valence-electron chi connectivity index (χ0n) is 22.8. The van der Waals surface area contributed by atoms with Crippen LogP contribution in [0.3, 0.4) is 0 Å². The van der Waals surface area contributed by atoms with Gasteiger partial charge in [-0.05, 0) is 0 Å². The number of rotatable bonds is 18. The van der Waals surface area contributed by atoms with Crippen molar-refractivity contribution in [2.24, 2.45) is 0 Å². The molecule has 0 amide bonds. The van der Waals surface area contributed by atoms with Crippen LogP contribution in [0.1, 0.15) is 0 Å². The molecule has 0 saturated heterocycles. The molecule has 1 nitrogen and oxygen atoms in total. The van der Waals surface area contributed by atoms with E-state index in [2.05, 4.69) is 0 Å². The van der Waals surface area contributed by atoms with Crippen LogP contribution in [0.5, 0.6) is 0 Å². The molecule has 124 valence electrons. The maximum absolute atomic E-state index is 5.24. The van der Waals surface area contributed by atoms with E-state index in [1.165, 1.54) is 6.69 Å². The molecule has 0 aromatic rings. The van der Waals surface area contributed by atoms with Gasteiger partial charge >= 0.3 is 261 Å². The van der Waals surface area contributed by atoms with Crippen LogP contribution >= 0.6 is 0 Å². The average molecular weight is 431 g/mol. The van der Waals surface area contributed by atoms with Gasteiger partial charge in [-0.25, -0.2) is 0 Å². The predicted molar refractivity (Wildman–Crippen MR) is 220 cm³/mol. The van der Waals surface area contributed by atoms with Crippen LogP contribution in [-0.2, 0) is 4.65 Å². The van der Waals surface area contributed by atoms with Gasteiger partial charge in [-0.1, -0.05) is 0 Å². The topological polar surface area (TPSA) is 9.23 Å². The second-order valence-corrected chi connectivity index (χ2v) is 7.11. The fraction of sp³-hybridized carbons (Fsp3) is 1.00. The summed E-state index contributed by atoms with van der Waals surface area (Å²) in [5.41, 5.74) is 0. The van der Waals surface area contributed by atoms with Crippen LogP contribution in [0, 0.1) is 0 Å². The van der Waals surface area contributed by atoms with Crippen molar-refractivity contribution in [3.63, 3.8) is 0 Å². The van der Waals surface area contributed by atoms with Crippen LogP contribution in [0.2, 0.25) is 0 Å². The van der Waals surface area contributed by atoms with Crippen molar-refractivity contribution in [2.45, 2.75) is 0 Å². The van der Waals surface area contributed by atoms with Crippen molar-refractivity contribution in [3.05, 3.63) is 0 Å². The standard InChI is InChI=1S/CH3B37O/c1-39-38-37-36-35-34-33-32-31-30-29-28-27-26-25-24-23-22-21-20-19-18-17-16-15-14-13-12-11-10-9-8-7-6-5-4-3-2/h1H3. The van der Waals surface area contributed by atoms with E-state index < -0.39 is 0 Å². The monoisotopic (exact) mass is 438 g/mol. The molecule has 0 fully saturated rings. The van der Waals surface area contributed by atoms with E-state index in [9.17, 15) is 0 Å². The van der Waals surface area contributed by atoms with Crippen molar-refractivity contribution < 1.29 is 4.65 Å². The molecular weight excluding hydrogens is 428 g/mol. The van der Waals surface area contributed by atoms with Crippen LogP contribution in [0.25, 0.3) is 0 Å². The predicted octanol–water partition coefficient (Wildman–Crippen LogP) is -14.0. The first-order chi connectivity index (χ1) is 19.4. The van der Waals surface area contributed by atoms with Gasteiger partial charge in [-0.2, -0.15) is 0 Å². The first-order valence-corrected chi connectivity index (χ1v) is 12.6. The molecular formula is CH3B37O. The second kappa shape index (κ2) is 40.2. The Balaban J connectivity index is 4.01. The van der Waals surface area contributed by atoms with Gasteiger partial charge in [0.15, 0.2) is 0 Å².